The maximum Gasteiger partial charge on any atom is 0.340 e. The van der Waals surface area contributed by atoms with Gasteiger partial charge in [0.05, 0.1) is 22.2 Å². The molecule has 0 spiro atoms. The zero-order chi connectivity index (χ0) is 19.8. The van der Waals surface area contributed by atoms with E-state index in [0.717, 1.165) is 5.56 Å². The van der Waals surface area contributed by atoms with Crippen LogP contribution in [0.5, 0.6) is 0 Å². The summed E-state index contributed by atoms with van der Waals surface area (Å²) in [5, 5.41) is 12.7. The van der Waals surface area contributed by atoms with Crippen LogP contribution in [0.4, 0.5) is 5.69 Å². The molecule has 2 N–H and O–H groups in total. The molecule has 2 aromatic rings. The Morgan fingerprint density at radius 1 is 1.15 bits per heavy atom. The van der Waals surface area contributed by atoms with Gasteiger partial charge < -0.3 is 20.1 Å². The number of nitrogens with zero attached hydrogens (tertiary/aromatic N) is 1. The van der Waals surface area contributed by atoms with Crippen LogP contribution in [-0.2, 0) is 16.1 Å². The molecule has 0 bridgehead atoms. The van der Waals surface area contributed by atoms with Gasteiger partial charge in [-0.15, -0.1) is 0 Å². The van der Waals surface area contributed by atoms with Gasteiger partial charge in [0.2, 0.25) is 0 Å². The number of aliphatic hydroxyl groups excluding tert-OH is 1. The molecule has 0 saturated carbocycles. The van der Waals surface area contributed by atoms with Crippen LogP contribution in [0.3, 0.4) is 0 Å². The lowest BCUT2D eigenvalue weighted by Crippen LogP contribution is -2.31. The van der Waals surface area contributed by atoms with Gasteiger partial charge in [-0.05, 0) is 29.8 Å². The first-order valence-electron chi connectivity index (χ1n) is 8.21. The fourth-order valence-corrected chi connectivity index (χ4v) is 2.64. The van der Waals surface area contributed by atoms with Crippen molar-refractivity contribution in [3.63, 3.8) is 0 Å². The third-order valence-corrected chi connectivity index (χ3v) is 4.47. The van der Waals surface area contributed by atoms with Gasteiger partial charge in [-0.25, -0.2) is 4.79 Å². The van der Waals surface area contributed by atoms with Crippen LogP contribution in [0.2, 0.25) is 10.0 Å². The standard InChI is InChI=1S/C19H20Cl2N2O4/c1-23(11-13-6-7-15(20)16(21)10-13)18(25)12-27-19(26)14-4-2-3-5-17(14)22-8-9-24/h2-7,10,22,24H,8-9,11-12H2,1H3. The summed E-state index contributed by atoms with van der Waals surface area (Å²) in [4.78, 5) is 25.9. The average molecular weight is 411 g/mol. The third kappa shape index (κ3) is 6.13. The highest BCUT2D eigenvalue weighted by Crippen LogP contribution is 2.23. The predicted octanol–water partition coefficient (Wildman–Crippen LogP) is 3.21. The van der Waals surface area contributed by atoms with Crippen molar-refractivity contribution < 1.29 is 19.4 Å². The van der Waals surface area contributed by atoms with Crippen molar-refractivity contribution in [1.29, 1.82) is 0 Å². The summed E-state index contributed by atoms with van der Waals surface area (Å²) in [6.45, 7) is 0.157. The van der Waals surface area contributed by atoms with Gasteiger partial charge in [0.25, 0.3) is 5.91 Å². The molecule has 2 aromatic carbocycles. The highest BCUT2D eigenvalue weighted by Gasteiger charge is 2.16. The Kier molecular flexibility index (Phi) is 7.91. The smallest absolute Gasteiger partial charge is 0.340 e. The van der Waals surface area contributed by atoms with E-state index in [1.54, 1.807) is 49.5 Å². The summed E-state index contributed by atoms with van der Waals surface area (Å²) in [6, 6.07) is 11.9. The molecule has 27 heavy (non-hydrogen) atoms. The number of esters is 1. The van der Waals surface area contributed by atoms with Gasteiger partial charge in [0.1, 0.15) is 0 Å². The van der Waals surface area contributed by atoms with E-state index < -0.39 is 5.97 Å². The molecule has 6 nitrogen and oxygen atoms in total. The maximum atomic E-state index is 12.3. The Morgan fingerprint density at radius 2 is 1.89 bits per heavy atom. The highest BCUT2D eigenvalue weighted by atomic mass is 35.5. The van der Waals surface area contributed by atoms with Crippen molar-refractivity contribution in [3.8, 4) is 0 Å². The quantitative estimate of drug-likeness (QED) is 0.653. The van der Waals surface area contributed by atoms with Crippen LogP contribution >= 0.6 is 23.2 Å². The Hall–Kier alpha value is -2.28. The second kappa shape index (κ2) is 10.2. The van der Waals surface area contributed by atoms with E-state index in [1.807, 2.05) is 0 Å². The molecule has 1 amide bonds. The molecule has 0 heterocycles. The number of benzene rings is 2. The number of anilines is 1. The number of nitrogens with one attached hydrogen (secondary N) is 1. The lowest BCUT2D eigenvalue weighted by molar-refractivity contribution is -0.133. The molecule has 0 unspecified atom stereocenters. The second-order valence-electron chi connectivity index (χ2n) is 5.77. The maximum absolute atomic E-state index is 12.3. The van der Waals surface area contributed by atoms with Crippen LogP contribution in [-0.4, -0.2) is 48.7 Å². The summed E-state index contributed by atoms with van der Waals surface area (Å²) in [5.74, 6) is -0.970. The third-order valence-electron chi connectivity index (χ3n) is 3.73. The topological polar surface area (TPSA) is 78.9 Å². The zero-order valence-electron chi connectivity index (χ0n) is 14.7. The van der Waals surface area contributed by atoms with Crippen LogP contribution in [0, 0.1) is 0 Å². The first-order valence-corrected chi connectivity index (χ1v) is 8.96. The number of amides is 1. The molecule has 0 aromatic heterocycles. The molecule has 144 valence electrons. The average Bonchev–Trinajstić information content (AvgIpc) is 2.67. The molecule has 0 aliphatic heterocycles. The predicted molar refractivity (Wildman–Crippen MR) is 105 cm³/mol. The van der Waals surface area contributed by atoms with E-state index in [-0.39, 0.29) is 19.1 Å². The van der Waals surface area contributed by atoms with E-state index >= 15 is 0 Å². The Balaban J connectivity index is 1.92. The van der Waals surface area contributed by atoms with Crippen molar-refractivity contribution in [2.24, 2.45) is 0 Å². The second-order valence-corrected chi connectivity index (χ2v) is 6.58. The first-order chi connectivity index (χ1) is 12.9. The van der Waals surface area contributed by atoms with Crippen molar-refractivity contribution in [2.45, 2.75) is 6.54 Å². The molecular formula is C19H20Cl2N2O4. The van der Waals surface area contributed by atoms with Crippen LogP contribution in [0.1, 0.15) is 15.9 Å². The summed E-state index contributed by atoms with van der Waals surface area (Å²) in [5.41, 5.74) is 1.64. The summed E-state index contributed by atoms with van der Waals surface area (Å²) < 4.78 is 5.13. The van der Waals surface area contributed by atoms with Gasteiger partial charge in [-0.1, -0.05) is 41.4 Å². The van der Waals surface area contributed by atoms with Gasteiger partial charge in [-0.2, -0.15) is 0 Å². The Bertz CT molecular complexity index is 814. The van der Waals surface area contributed by atoms with Gasteiger partial charge in [0.15, 0.2) is 6.61 Å². The number of para-hydroxylation sites is 1. The minimum Gasteiger partial charge on any atom is -0.452 e. The van der Waals surface area contributed by atoms with Crippen LogP contribution < -0.4 is 5.32 Å². The number of aliphatic hydroxyl groups is 1. The Morgan fingerprint density at radius 3 is 2.59 bits per heavy atom. The van der Waals surface area contributed by atoms with Crippen molar-refractivity contribution in [1.82, 2.24) is 4.90 Å². The van der Waals surface area contributed by atoms with Crippen molar-refractivity contribution in [3.05, 3.63) is 63.6 Å². The fourth-order valence-electron chi connectivity index (χ4n) is 2.32. The lowest BCUT2D eigenvalue weighted by Gasteiger charge is -2.18. The minimum atomic E-state index is -0.618. The normalized spacial score (nSPS) is 10.4. The zero-order valence-corrected chi connectivity index (χ0v) is 16.3. The summed E-state index contributed by atoms with van der Waals surface area (Å²) in [7, 11) is 1.61. The number of ether oxygens (including phenoxy) is 1. The van der Waals surface area contributed by atoms with Gasteiger partial charge in [-0.3, -0.25) is 4.79 Å². The molecule has 8 heteroatoms. The van der Waals surface area contributed by atoms with Crippen molar-refractivity contribution >= 4 is 40.8 Å². The molecule has 0 atom stereocenters. The SMILES string of the molecule is CN(Cc1ccc(Cl)c(Cl)c1)C(=O)COC(=O)c1ccccc1NCCO. The molecule has 2 rings (SSSR count). The molecule has 0 fully saturated rings. The van der Waals surface area contributed by atoms with Crippen LogP contribution in [0.25, 0.3) is 0 Å². The number of hydrogen-bond acceptors (Lipinski definition) is 5. The number of carbonyl (C=O) groups is 2. The first kappa shape index (κ1) is 21.0. The van der Waals surface area contributed by atoms with E-state index in [9.17, 15) is 9.59 Å². The Labute approximate surface area is 167 Å². The summed E-state index contributed by atoms with van der Waals surface area (Å²) >= 11 is 11.9. The molecule has 0 aliphatic rings. The van der Waals surface area contributed by atoms with Crippen molar-refractivity contribution in [2.75, 3.05) is 32.1 Å². The van der Waals surface area contributed by atoms with Crippen LogP contribution in [0.15, 0.2) is 42.5 Å². The van der Waals surface area contributed by atoms with Gasteiger partial charge >= 0.3 is 5.97 Å². The largest absolute Gasteiger partial charge is 0.452 e. The molecular weight excluding hydrogens is 391 g/mol. The van der Waals surface area contributed by atoms with E-state index in [0.29, 0.717) is 34.4 Å². The van der Waals surface area contributed by atoms with Gasteiger partial charge in [0, 0.05) is 25.8 Å². The number of halogens is 2. The number of hydrogen-bond donors (Lipinski definition) is 2. The highest BCUT2D eigenvalue weighted by molar-refractivity contribution is 6.42. The van der Waals surface area contributed by atoms with E-state index in [1.165, 1.54) is 4.90 Å². The molecule has 0 radical (unpaired) electrons. The molecule has 0 saturated heterocycles. The monoisotopic (exact) mass is 410 g/mol. The summed E-state index contributed by atoms with van der Waals surface area (Å²) in [6.07, 6.45) is 0. The van der Waals surface area contributed by atoms with E-state index in [2.05, 4.69) is 5.32 Å². The lowest BCUT2D eigenvalue weighted by atomic mass is 10.2. The number of carbonyl (C=O) groups excluding carboxylic acids is 2. The molecule has 0 aliphatic carbocycles. The number of likely N-dealkylation sites (N-methyl/N-ethyl adjacent to an activating group) is 1. The minimum absolute atomic E-state index is 0.0681. The van der Waals surface area contributed by atoms with E-state index in [4.69, 9.17) is 33.0 Å². The number of rotatable bonds is 8. The fraction of sp³-hybridized carbons (Fsp3) is 0.263.